The predicted octanol–water partition coefficient (Wildman–Crippen LogP) is 3.56. The summed E-state index contributed by atoms with van der Waals surface area (Å²) in [7, 11) is 0. The molecule has 0 aliphatic rings. The zero-order valence-electron chi connectivity index (χ0n) is 9.23. The topological polar surface area (TPSA) is 36.7 Å². The highest BCUT2D eigenvalue weighted by atomic mass is 79.9. The van der Waals surface area contributed by atoms with Gasteiger partial charge in [-0.2, -0.15) is 5.26 Å². The molecule has 0 saturated heterocycles. The van der Waals surface area contributed by atoms with E-state index in [1.54, 1.807) is 0 Å². The second kappa shape index (κ2) is 5.60. The molecule has 0 aliphatic carbocycles. The SMILES string of the molecule is N#Cc1ccccc1-c1ccc(CCBr)nc1. The minimum atomic E-state index is 0.683. The van der Waals surface area contributed by atoms with Gasteiger partial charge in [0.25, 0.3) is 0 Å². The van der Waals surface area contributed by atoms with Gasteiger partial charge in [-0.25, -0.2) is 0 Å². The van der Waals surface area contributed by atoms with Crippen LogP contribution in [0.3, 0.4) is 0 Å². The fourth-order valence-electron chi connectivity index (χ4n) is 1.66. The summed E-state index contributed by atoms with van der Waals surface area (Å²) < 4.78 is 0. The zero-order valence-corrected chi connectivity index (χ0v) is 10.8. The summed E-state index contributed by atoms with van der Waals surface area (Å²) in [5, 5.41) is 9.95. The van der Waals surface area contributed by atoms with E-state index in [4.69, 9.17) is 5.26 Å². The van der Waals surface area contributed by atoms with E-state index in [1.807, 2.05) is 42.6 Å². The van der Waals surface area contributed by atoms with Gasteiger partial charge in [0.2, 0.25) is 0 Å². The van der Waals surface area contributed by atoms with E-state index in [1.165, 1.54) is 0 Å². The quantitative estimate of drug-likeness (QED) is 0.809. The summed E-state index contributed by atoms with van der Waals surface area (Å²) >= 11 is 3.39. The smallest absolute Gasteiger partial charge is 0.0998 e. The molecule has 0 bridgehead atoms. The Balaban J connectivity index is 2.37. The van der Waals surface area contributed by atoms with Crippen molar-refractivity contribution in [3.8, 4) is 17.2 Å². The molecule has 0 amide bonds. The van der Waals surface area contributed by atoms with Crippen molar-refractivity contribution in [2.24, 2.45) is 0 Å². The van der Waals surface area contributed by atoms with E-state index in [0.29, 0.717) is 5.56 Å². The first-order valence-electron chi connectivity index (χ1n) is 5.35. The molecule has 84 valence electrons. The van der Waals surface area contributed by atoms with Crippen LogP contribution in [-0.4, -0.2) is 10.3 Å². The van der Waals surface area contributed by atoms with E-state index in [0.717, 1.165) is 28.6 Å². The Bertz CT molecular complexity index is 541. The Labute approximate surface area is 109 Å². The van der Waals surface area contributed by atoms with Gasteiger partial charge in [-0.15, -0.1) is 0 Å². The lowest BCUT2D eigenvalue weighted by Gasteiger charge is -2.04. The third-order valence-electron chi connectivity index (χ3n) is 2.53. The Morgan fingerprint density at radius 2 is 2.00 bits per heavy atom. The van der Waals surface area contributed by atoms with Gasteiger partial charge in [0.1, 0.15) is 0 Å². The van der Waals surface area contributed by atoms with Gasteiger partial charge in [0.15, 0.2) is 0 Å². The normalized spacial score (nSPS) is 9.88. The van der Waals surface area contributed by atoms with Crippen molar-refractivity contribution in [1.82, 2.24) is 4.98 Å². The maximum absolute atomic E-state index is 9.04. The maximum atomic E-state index is 9.04. The summed E-state index contributed by atoms with van der Waals surface area (Å²) in [6.07, 6.45) is 2.74. The zero-order chi connectivity index (χ0) is 12.1. The molecule has 0 aliphatic heterocycles. The Kier molecular flexibility index (Phi) is 3.89. The standard InChI is InChI=1S/C14H11BrN2/c15-8-7-13-6-5-12(10-17-13)14-4-2-1-3-11(14)9-16/h1-6,10H,7-8H2. The molecule has 0 fully saturated rings. The molecule has 3 heteroatoms. The number of hydrogen-bond acceptors (Lipinski definition) is 2. The highest BCUT2D eigenvalue weighted by molar-refractivity contribution is 9.09. The summed E-state index contributed by atoms with van der Waals surface area (Å²) in [5.41, 5.74) is 3.66. The van der Waals surface area contributed by atoms with Crippen LogP contribution >= 0.6 is 15.9 Å². The van der Waals surface area contributed by atoms with Gasteiger partial charge in [0.05, 0.1) is 11.6 Å². The number of halogens is 1. The van der Waals surface area contributed by atoms with Crippen LogP contribution in [0.4, 0.5) is 0 Å². The second-order valence-electron chi connectivity index (χ2n) is 3.63. The number of aryl methyl sites for hydroxylation is 1. The Morgan fingerprint density at radius 3 is 2.65 bits per heavy atom. The van der Waals surface area contributed by atoms with Crippen molar-refractivity contribution < 1.29 is 0 Å². The fraction of sp³-hybridized carbons (Fsp3) is 0.143. The van der Waals surface area contributed by atoms with Crippen LogP contribution in [-0.2, 0) is 6.42 Å². The molecule has 0 unspecified atom stereocenters. The number of nitrogens with zero attached hydrogens (tertiary/aromatic N) is 2. The third kappa shape index (κ3) is 2.72. The van der Waals surface area contributed by atoms with E-state index in [-0.39, 0.29) is 0 Å². The highest BCUT2D eigenvalue weighted by Crippen LogP contribution is 2.22. The van der Waals surface area contributed by atoms with Crippen LogP contribution in [0, 0.1) is 11.3 Å². The minimum absolute atomic E-state index is 0.683. The lowest BCUT2D eigenvalue weighted by Crippen LogP contribution is -1.91. The van der Waals surface area contributed by atoms with Gasteiger partial charge in [0, 0.05) is 28.3 Å². The van der Waals surface area contributed by atoms with Gasteiger partial charge < -0.3 is 0 Å². The molecular weight excluding hydrogens is 276 g/mol. The van der Waals surface area contributed by atoms with Gasteiger partial charge in [-0.3, -0.25) is 4.98 Å². The Hall–Kier alpha value is -1.66. The van der Waals surface area contributed by atoms with Crippen LogP contribution in [0.15, 0.2) is 42.6 Å². The molecule has 0 radical (unpaired) electrons. The molecule has 17 heavy (non-hydrogen) atoms. The first kappa shape index (κ1) is 11.8. The molecule has 0 spiro atoms. The van der Waals surface area contributed by atoms with E-state index >= 15 is 0 Å². The molecule has 2 rings (SSSR count). The molecule has 2 aromatic rings. The Morgan fingerprint density at radius 1 is 1.18 bits per heavy atom. The summed E-state index contributed by atoms with van der Waals surface area (Å²) in [4.78, 5) is 4.38. The van der Waals surface area contributed by atoms with E-state index < -0.39 is 0 Å². The molecule has 0 N–H and O–H groups in total. The molecule has 0 atom stereocenters. The third-order valence-corrected chi connectivity index (χ3v) is 2.93. The van der Waals surface area contributed by atoms with Crippen LogP contribution in [0.5, 0.6) is 0 Å². The average molecular weight is 287 g/mol. The van der Waals surface area contributed by atoms with Crippen molar-refractivity contribution >= 4 is 15.9 Å². The largest absolute Gasteiger partial charge is 0.261 e. The van der Waals surface area contributed by atoms with Gasteiger partial charge in [-0.1, -0.05) is 40.2 Å². The molecule has 0 saturated carbocycles. The number of rotatable bonds is 3. The predicted molar refractivity (Wildman–Crippen MR) is 71.9 cm³/mol. The number of pyridine rings is 1. The van der Waals surface area contributed by atoms with Crippen LogP contribution in [0.1, 0.15) is 11.3 Å². The summed E-state index contributed by atoms with van der Waals surface area (Å²) in [6.45, 7) is 0. The molecule has 2 nitrogen and oxygen atoms in total. The number of aromatic nitrogens is 1. The van der Waals surface area contributed by atoms with Crippen molar-refractivity contribution in [3.63, 3.8) is 0 Å². The number of alkyl halides is 1. The van der Waals surface area contributed by atoms with E-state index in [9.17, 15) is 0 Å². The van der Waals surface area contributed by atoms with Gasteiger partial charge >= 0.3 is 0 Å². The van der Waals surface area contributed by atoms with Gasteiger partial charge in [-0.05, 0) is 18.6 Å². The first-order valence-corrected chi connectivity index (χ1v) is 6.47. The van der Waals surface area contributed by atoms with Crippen molar-refractivity contribution in [2.45, 2.75) is 6.42 Å². The van der Waals surface area contributed by atoms with Crippen LogP contribution in [0.2, 0.25) is 0 Å². The van der Waals surface area contributed by atoms with Crippen LogP contribution in [0.25, 0.3) is 11.1 Å². The first-order chi connectivity index (χ1) is 8.35. The molecular formula is C14H11BrN2. The summed E-state index contributed by atoms with van der Waals surface area (Å²) in [5.74, 6) is 0. The van der Waals surface area contributed by atoms with Crippen LogP contribution < -0.4 is 0 Å². The molecule has 1 heterocycles. The number of nitriles is 1. The highest BCUT2D eigenvalue weighted by Gasteiger charge is 2.04. The number of hydrogen-bond donors (Lipinski definition) is 0. The average Bonchev–Trinajstić information content (AvgIpc) is 2.40. The lowest BCUT2D eigenvalue weighted by atomic mass is 10.0. The minimum Gasteiger partial charge on any atom is -0.261 e. The lowest BCUT2D eigenvalue weighted by molar-refractivity contribution is 1.05. The summed E-state index contributed by atoms with van der Waals surface area (Å²) in [6, 6.07) is 13.8. The molecule has 1 aromatic carbocycles. The maximum Gasteiger partial charge on any atom is 0.0998 e. The van der Waals surface area contributed by atoms with Crippen molar-refractivity contribution in [2.75, 3.05) is 5.33 Å². The number of benzene rings is 1. The fourth-order valence-corrected chi connectivity index (χ4v) is 2.07. The van der Waals surface area contributed by atoms with Crippen molar-refractivity contribution in [1.29, 1.82) is 5.26 Å². The second-order valence-corrected chi connectivity index (χ2v) is 4.43. The van der Waals surface area contributed by atoms with Crippen molar-refractivity contribution in [3.05, 3.63) is 53.9 Å². The monoisotopic (exact) mass is 286 g/mol. The van der Waals surface area contributed by atoms with E-state index in [2.05, 4.69) is 27.0 Å². The molecule has 1 aromatic heterocycles.